The Morgan fingerprint density at radius 2 is 2.20 bits per heavy atom. The molecule has 3 rings (SSSR count). The van der Waals surface area contributed by atoms with Crippen LogP contribution < -0.4 is 19.7 Å². The number of ether oxygens (including phenoxy) is 2. The van der Waals surface area contributed by atoms with Crippen molar-refractivity contribution in [1.29, 1.82) is 0 Å². The normalized spacial score (nSPS) is 17.4. The van der Waals surface area contributed by atoms with Crippen molar-refractivity contribution in [3.05, 3.63) is 42.1 Å². The number of nitrogens with zero attached hydrogens (tertiary/aromatic N) is 3. The van der Waals surface area contributed by atoms with Crippen molar-refractivity contribution in [3.63, 3.8) is 0 Å². The average molecular weight is 342 g/mol. The van der Waals surface area contributed by atoms with Gasteiger partial charge in [-0.2, -0.15) is 5.10 Å². The van der Waals surface area contributed by atoms with Crippen LogP contribution in [0.4, 0.5) is 5.82 Å². The summed E-state index contributed by atoms with van der Waals surface area (Å²) in [6.45, 7) is 5.40. The maximum absolute atomic E-state index is 5.66. The second-order valence-corrected chi connectivity index (χ2v) is 6.17. The van der Waals surface area contributed by atoms with Crippen LogP contribution >= 0.6 is 0 Å². The zero-order chi connectivity index (χ0) is 17.5. The number of piperidine rings is 1. The zero-order valence-electron chi connectivity index (χ0n) is 14.9. The third-order valence-electron chi connectivity index (χ3n) is 4.43. The molecule has 6 heteroatoms. The molecule has 1 aliphatic rings. The predicted molar refractivity (Wildman–Crippen MR) is 98.3 cm³/mol. The molecule has 6 nitrogen and oxygen atoms in total. The first-order chi connectivity index (χ1) is 12.3. The highest BCUT2D eigenvalue weighted by atomic mass is 16.5. The Morgan fingerprint density at radius 3 is 2.96 bits per heavy atom. The minimum atomic E-state index is 0.438. The van der Waals surface area contributed by atoms with Gasteiger partial charge in [-0.15, -0.1) is 5.10 Å². The molecular weight excluding hydrogens is 316 g/mol. The Labute approximate surface area is 149 Å². The number of benzene rings is 1. The molecule has 25 heavy (non-hydrogen) atoms. The van der Waals surface area contributed by atoms with Gasteiger partial charge in [0.15, 0.2) is 17.3 Å². The van der Waals surface area contributed by atoms with Gasteiger partial charge in [-0.1, -0.05) is 6.07 Å². The van der Waals surface area contributed by atoms with E-state index in [9.17, 15) is 0 Å². The second kappa shape index (κ2) is 8.67. The molecule has 1 N–H and O–H groups in total. The van der Waals surface area contributed by atoms with Crippen LogP contribution in [0.3, 0.4) is 0 Å². The number of nitrogens with one attached hydrogen (secondary N) is 1. The lowest BCUT2D eigenvalue weighted by Gasteiger charge is -2.33. The van der Waals surface area contributed by atoms with E-state index in [0.29, 0.717) is 12.6 Å². The van der Waals surface area contributed by atoms with Crippen molar-refractivity contribution in [2.75, 3.05) is 31.7 Å². The van der Waals surface area contributed by atoms with Crippen molar-refractivity contribution in [1.82, 2.24) is 15.5 Å². The smallest absolute Gasteiger partial charge is 0.161 e. The lowest BCUT2D eigenvalue weighted by atomic mass is 10.1. The molecule has 0 bridgehead atoms. The molecule has 0 aliphatic carbocycles. The number of methoxy groups -OCH3 is 1. The van der Waals surface area contributed by atoms with Crippen LogP contribution in [0, 0.1) is 0 Å². The first kappa shape index (κ1) is 17.5. The van der Waals surface area contributed by atoms with Crippen LogP contribution in [-0.4, -0.2) is 43.0 Å². The summed E-state index contributed by atoms with van der Waals surface area (Å²) >= 11 is 0. The Hall–Kier alpha value is -2.34. The highest BCUT2D eigenvalue weighted by Crippen LogP contribution is 2.28. The molecule has 0 saturated carbocycles. The van der Waals surface area contributed by atoms with Crippen molar-refractivity contribution < 1.29 is 9.47 Å². The molecule has 1 aliphatic heterocycles. The third kappa shape index (κ3) is 4.60. The van der Waals surface area contributed by atoms with Gasteiger partial charge in [-0.3, -0.25) is 0 Å². The number of anilines is 1. The number of rotatable bonds is 7. The number of hydrogen-bond acceptors (Lipinski definition) is 6. The highest BCUT2D eigenvalue weighted by Gasteiger charge is 2.20. The summed E-state index contributed by atoms with van der Waals surface area (Å²) in [4.78, 5) is 2.30. The fourth-order valence-corrected chi connectivity index (χ4v) is 3.18. The summed E-state index contributed by atoms with van der Waals surface area (Å²) in [5.41, 5.74) is 1.20. The van der Waals surface area contributed by atoms with Crippen LogP contribution in [0.2, 0.25) is 0 Å². The molecule has 1 unspecified atom stereocenters. The molecule has 1 aromatic heterocycles. The predicted octanol–water partition coefficient (Wildman–Crippen LogP) is 2.64. The van der Waals surface area contributed by atoms with Crippen LogP contribution in [0.1, 0.15) is 25.3 Å². The first-order valence-electron chi connectivity index (χ1n) is 8.86. The molecule has 0 spiro atoms. The lowest BCUT2D eigenvalue weighted by molar-refractivity contribution is 0.310. The van der Waals surface area contributed by atoms with E-state index in [-0.39, 0.29) is 0 Å². The van der Waals surface area contributed by atoms with Crippen LogP contribution in [-0.2, 0) is 6.54 Å². The monoisotopic (exact) mass is 342 g/mol. The van der Waals surface area contributed by atoms with Gasteiger partial charge in [0.2, 0.25) is 0 Å². The summed E-state index contributed by atoms with van der Waals surface area (Å²) in [6.07, 6.45) is 4.04. The van der Waals surface area contributed by atoms with E-state index >= 15 is 0 Å². The van der Waals surface area contributed by atoms with Crippen LogP contribution in [0.5, 0.6) is 11.5 Å². The summed E-state index contributed by atoms with van der Waals surface area (Å²) in [5, 5.41) is 11.9. The maximum atomic E-state index is 5.66. The summed E-state index contributed by atoms with van der Waals surface area (Å²) in [5.74, 6) is 2.53. The molecule has 134 valence electrons. The topological polar surface area (TPSA) is 59.5 Å². The van der Waals surface area contributed by atoms with Gasteiger partial charge in [0, 0.05) is 31.9 Å². The summed E-state index contributed by atoms with van der Waals surface area (Å²) < 4.78 is 11.0. The zero-order valence-corrected chi connectivity index (χ0v) is 14.9. The van der Waals surface area contributed by atoms with Gasteiger partial charge in [0.05, 0.1) is 13.7 Å². The largest absolute Gasteiger partial charge is 0.493 e. The minimum absolute atomic E-state index is 0.438. The van der Waals surface area contributed by atoms with E-state index in [2.05, 4.69) is 32.5 Å². The summed E-state index contributed by atoms with van der Waals surface area (Å²) in [7, 11) is 1.67. The Kier molecular flexibility index (Phi) is 6.06. The highest BCUT2D eigenvalue weighted by molar-refractivity contribution is 5.43. The fraction of sp³-hybridized carbons (Fsp3) is 0.474. The van der Waals surface area contributed by atoms with Gasteiger partial charge in [-0.05, 0) is 49.6 Å². The van der Waals surface area contributed by atoms with Crippen molar-refractivity contribution in [2.45, 2.75) is 32.4 Å². The molecule has 1 atom stereocenters. The standard InChI is InChI=1S/C19H26N4O2/c1-3-25-18-12-15(8-9-17(18)24-2)13-20-16-6-5-11-23(14-16)19-7-4-10-21-22-19/h4,7-10,12,16,20H,3,5-6,11,13-14H2,1-2H3. The van der Waals surface area contributed by atoms with E-state index in [0.717, 1.165) is 43.4 Å². The molecule has 2 aromatic rings. The van der Waals surface area contributed by atoms with Gasteiger partial charge in [0.25, 0.3) is 0 Å². The van der Waals surface area contributed by atoms with E-state index in [1.54, 1.807) is 13.3 Å². The first-order valence-corrected chi connectivity index (χ1v) is 8.86. The number of hydrogen-bond donors (Lipinski definition) is 1. The third-order valence-corrected chi connectivity index (χ3v) is 4.43. The Balaban J connectivity index is 1.58. The number of aromatic nitrogens is 2. The van der Waals surface area contributed by atoms with Crippen LogP contribution in [0.25, 0.3) is 0 Å². The van der Waals surface area contributed by atoms with Crippen molar-refractivity contribution in [3.8, 4) is 11.5 Å². The van der Waals surface area contributed by atoms with Crippen molar-refractivity contribution >= 4 is 5.82 Å². The molecule has 0 amide bonds. The molecule has 2 heterocycles. The molecule has 1 fully saturated rings. The van der Waals surface area contributed by atoms with Crippen molar-refractivity contribution in [2.24, 2.45) is 0 Å². The van der Waals surface area contributed by atoms with Gasteiger partial charge in [-0.25, -0.2) is 0 Å². The minimum Gasteiger partial charge on any atom is -0.493 e. The van der Waals surface area contributed by atoms with E-state index in [1.165, 1.54) is 12.0 Å². The van der Waals surface area contributed by atoms with E-state index in [4.69, 9.17) is 9.47 Å². The lowest BCUT2D eigenvalue weighted by Crippen LogP contribution is -2.45. The quantitative estimate of drug-likeness (QED) is 0.835. The SMILES string of the molecule is CCOc1cc(CNC2CCCN(c3cccnn3)C2)ccc1OC. The van der Waals surface area contributed by atoms with Crippen LogP contribution in [0.15, 0.2) is 36.5 Å². The Bertz CT molecular complexity index is 666. The molecule has 1 aromatic carbocycles. The van der Waals surface area contributed by atoms with Gasteiger partial charge < -0.3 is 19.7 Å². The van der Waals surface area contributed by atoms with Gasteiger partial charge >= 0.3 is 0 Å². The second-order valence-electron chi connectivity index (χ2n) is 6.17. The molecular formula is C19H26N4O2. The molecule has 1 saturated heterocycles. The molecule has 0 radical (unpaired) electrons. The van der Waals surface area contributed by atoms with E-state index in [1.807, 2.05) is 25.1 Å². The Morgan fingerprint density at radius 1 is 1.28 bits per heavy atom. The maximum Gasteiger partial charge on any atom is 0.161 e. The average Bonchev–Trinajstić information content (AvgIpc) is 2.68. The summed E-state index contributed by atoms with van der Waals surface area (Å²) in [6, 6.07) is 10.5. The van der Waals surface area contributed by atoms with Gasteiger partial charge in [0.1, 0.15) is 0 Å². The van der Waals surface area contributed by atoms with E-state index < -0.39 is 0 Å². The fourth-order valence-electron chi connectivity index (χ4n) is 3.18.